The summed E-state index contributed by atoms with van der Waals surface area (Å²) in [6.45, 7) is 3.57. The molecule has 3 nitrogen and oxygen atoms in total. The lowest BCUT2D eigenvalue weighted by Gasteiger charge is -2.41. The van der Waals surface area contributed by atoms with Crippen LogP contribution in [0.4, 0.5) is 0 Å². The number of thiazole rings is 1. The second-order valence-corrected chi connectivity index (χ2v) is 7.34. The average Bonchev–Trinajstić information content (AvgIpc) is 3.00. The number of aryl methyl sites for hydroxylation is 1. The van der Waals surface area contributed by atoms with E-state index in [0.717, 1.165) is 18.0 Å². The zero-order valence-corrected chi connectivity index (χ0v) is 14.7. The first kappa shape index (κ1) is 15.6. The lowest BCUT2D eigenvalue weighted by atomic mass is 9.77. The second-order valence-electron chi connectivity index (χ2n) is 6.48. The minimum Gasteiger partial charge on any atom is -0.492 e. The molecule has 0 radical (unpaired) electrons. The number of nitrogens with one attached hydrogen (secondary N) is 1. The van der Waals surface area contributed by atoms with Crippen molar-refractivity contribution in [1.29, 1.82) is 0 Å². The van der Waals surface area contributed by atoms with E-state index in [1.807, 2.05) is 6.07 Å². The molecular formula is C20H22N2OS. The summed E-state index contributed by atoms with van der Waals surface area (Å²) in [5.41, 5.74) is 1.20. The van der Waals surface area contributed by atoms with Gasteiger partial charge in [-0.25, -0.2) is 4.98 Å². The predicted octanol–water partition coefficient (Wildman–Crippen LogP) is 4.65. The summed E-state index contributed by atoms with van der Waals surface area (Å²) in [6, 6.07) is 14.6. The Hall–Kier alpha value is -1.91. The van der Waals surface area contributed by atoms with Gasteiger partial charge in [0.25, 0.3) is 0 Å². The molecule has 1 aliphatic rings. The smallest absolute Gasteiger partial charge is 0.127 e. The molecule has 0 bridgehead atoms. The van der Waals surface area contributed by atoms with E-state index in [4.69, 9.17) is 9.72 Å². The number of fused-ring (bicyclic) bond motifs is 1. The van der Waals surface area contributed by atoms with E-state index >= 15 is 0 Å². The first-order valence-corrected chi connectivity index (χ1v) is 9.43. The highest BCUT2D eigenvalue weighted by molar-refractivity contribution is 7.09. The Morgan fingerprint density at radius 1 is 1.17 bits per heavy atom. The van der Waals surface area contributed by atoms with Gasteiger partial charge in [0.05, 0.1) is 5.54 Å². The van der Waals surface area contributed by atoms with Crippen molar-refractivity contribution in [3.63, 3.8) is 0 Å². The highest BCUT2D eigenvalue weighted by Crippen LogP contribution is 2.42. The molecule has 1 heterocycles. The van der Waals surface area contributed by atoms with Crippen LogP contribution in [0.15, 0.2) is 47.8 Å². The van der Waals surface area contributed by atoms with Gasteiger partial charge in [-0.3, -0.25) is 0 Å². The van der Waals surface area contributed by atoms with Gasteiger partial charge in [-0.1, -0.05) is 36.4 Å². The minimum atomic E-state index is 0.0844. The molecule has 0 unspecified atom stereocenters. The van der Waals surface area contributed by atoms with Gasteiger partial charge >= 0.3 is 0 Å². The molecule has 0 saturated heterocycles. The van der Waals surface area contributed by atoms with Crippen molar-refractivity contribution in [2.24, 2.45) is 0 Å². The van der Waals surface area contributed by atoms with Crippen molar-refractivity contribution >= 4 is 22.1 Å². The molecule has 24 heavy (non-hydrogen) atoms. The normalized spacial score (nSPS) is 16.0. The summed E-state index contributed by atoms with van der Waals surface area (Å²) in [5.74, 6) is 0.961. The highest BCUT2D eigenvalue weighted by atomic mass is 32.1. The molecule has 0 amide bonds. The number of benzene rings is 2. The number of hydrogen-bond donors (Lipinski definition) is 1. The van der Waals surface area contributed by atoms with Crippen LogP contribution in [0.3, 0.4) is 0 Å². The maximum atomic E-state index is 6.04. The van der Waals surface area contributed by atoms with Crippen molar-refractivity contribution in [2.45, 2.75) is 31.7 Å². The SMILES string of the molecule is Cc1csc(C2(NCCOc3cccc4ccccc34)CCC2)n1. The molecule has 0 atom stereocenters. The maximum absolute atomic E-state index is 6.04. The van der Waals surface area contributed by atoms with Crippen LogP contribution in [0, 0.1) is 6.92 Å². The summed E-state index contributed by atoms with van der Waals surface area (Å²) in [4.78, 5) is 4.70. The third-order valence-electron chi connectivity index (χ3n) is 4.81. The topological polar surface area (TPSA) is 34.1 Å². The maximum Gasteiger partial charge on any atom is 0.127 e. The van der Waals surface area contributed by atoms with Crippen LogP contribution in [0.5, 0.6) is 5.75 Å². The minimum absolute atomic E-state index is 0.0844. The van der Waals surface area contributed by atoms with Crippen LogP contribution in [0.1, 0.15) is 30.0 Å². The van der Waals surface area contributed by atoms with Gasteiger partial charge in [0.15, 0.2) is 0 Å². The molecule has 1 fully saturated rings. The number of ether oxygens (including phenoxy) is 1. The molecule has 0 spiro atoms. The van der Waals surface area contributed by atoms with E-state index in [9.17, 15) is 0 Å². The summed E-state index contributed by atoms with van der Waals surface area (Å²) in [5, 5.41) is 9.47. The van der Waals surface area contributed by atoms with E-state index in [1.54, 1.807) is 11.3 Å². The molecular weight excluding hydrogens is 316 g/mol. The van der Waals surface area contributed by atoms with Crippen LogP contribution < -0.4 is 10.1 Å². The van der Waals surface area contributed by atoms with Crippen molar-refractivity contribution in [2.75, 3.05) is 13.2 Å². The van der Waals surface area contributed by atoms with Gasteiger partial charge in [-0.15, -0.1) is 11.3 Å². The lowest BCUT2D eigenvalue weighted by Crippen LogP contribution is -2.49. The zero-order chi connectivity index (χ0) is 16.4. The van der Waals surface area contributed by atoms with Crippen molar-refractivity contribution in [1.82, 2.24) is 10.3 Å². The molecule has 0 aliphatic heterocycles. The number of nitrogens with zero attached hydrogens (tertiary/aromatic N) is 1. The summed E-state index contributed by atoms with van der Waals surface area (Å²) >= 11 is 1.77. The first-order valence-electron chi connectivity index (χ1n) is 8.55. The van der Waals surface area contributed by atoms with Crippen LogP contribution in [-0.4, -0.2) is 18.1 Å². The molecule has 1 saturated carbocycles. The largest absolute Gasteiger partial charge is 0.492 e. The first-order chi connectivity index (χ1) is 11.8. The van der Waals surface area contributed by atoms with Crippen molar-refractivity contribution < 1.29 is 4.74 Å². The fraction of sp³-hybridized carbons (Fsp3) is 0.350. The van der Waals surface area contributed by atoms with Crippen LogP contribution in [0.2, 0.25) is 0 Å². The molecule has 4 heteroatoms. The van der Waals surface area contributed by atoms with E-state index in [0.29, 0.717) is 6.61 Å². The quantitative estimate of drug-likeness (QED) is 0.664. The van der Waals surface area contributed by atoms with Gasteiger partial charge in [-0.2, -0.15) is 0 Å². The van der Waals surface area contributed by atoms with Gasteiger partial charge in [-0.05, 0) is 37.6 Å². The Morgan fingerprint density at radius 2 is 2.00 bits per heavy atom. The van der Waals surface area contributed by atoms with Gasteiger partial charge in [0, 0.05) is 23.0 Å². The Bertz CT molecular complexity index is 833. The monoisotopic (exact) mass is 338 g/mol. The van der Waals surface area contributed by atoms with Crippen LogP contribution >= 0.6 is 11.3 Å². The van der Waals surface area contributed by atoms with Crippen molar-refractivity contribution in [3.8, 4) is 5.75 Å². The Morgan fingerprint density at radius 3 is 2.75 bits per heavy atom. The molecule has 2 aromatic carbocycles. The van der Waals surface area contributed by atoms with E-state index < -0.39 is 0 Å². The zero-order valence-electron chi connectivity index (χ0n) is 13.9. The second kappa shape index (κ2) is 6.54. The molecule has 1 aliphatic carbocycles. The molecule has 3 aromatic rings. The van der Waals surface area contributed by atoms with Gasteiger partial charge < -0.3 is 10.1 Å². The Labute approximate surface area is 146 Å². The third-order valence-corrected chi connectivity index (χ3v) is 5.97. The Balaban J connectivity index is 1.39. The summed E-state index contributed by atoms with van der Waals surface area (Å²) < 4.78 is 6.04. The van der Waals surface area contributed by atoms with Crippen LogP contribution in [0.25, 0.3) is 10.8 Å². The Kier molecular flexibility index (Phi) is 4.25. The summed E-state index contributed by atoms with van der Waals surface area (Å²) in [6.07, 6.45) is 3.62. The third kappa shape index (κ3) is 2.92. The molecule has 1 N–H and O–H groups in total. The van der Waals surface area contributed by atoms with Crippen molar-refractivity contribution in [3.05, 3.63) is 58.5 Å². The predicted molar refractivity (Wildman–Crippen MR) is 99.8 cm³/mol. The van der Waals surface area contributed by atoms with Crippen LogP contribution in [-0.2, 0) is 5.54 Å². The van der Waals surface area contributed by atoms with E-state index in [2.05, 4.69) is 54.0 Å². The molecule has 1 aromatic heterocycles. The van der Waals surface area contributed by atoms with E-state index in [-0.39, 0.29) is 5.54 Å². The lowest BCUT2D eigenvalue weighted by molar-refractivity contribution is 0.171. The van der Waals surface area contributed by atoms with Gasteiger partial charge in [0.2, 0.25) is 0 Å². The fourth-order valence-corrected chi connectivity index (χ4v) is 4.38. The number of aromatic nitrogens is 1. The number of hydrogen-bond acceptors (Lipinski definition) is 4. The molecule has 124 valence electrons. The fourth-order valence-electron chi connectivity index (χ4n) is 3.34. The average molecular weight is 338 g/mol. The number of rotatable bonds is 6. The summed E-state index contributed by atoms with van der Waals surface area (Å²) in [7, 11) is 0. The highest BCUT2D eigenvalue weighted by Gasteiger charge is 2.40. The van der Waals surface area contributed by atoms with Gasteiger partial charge in [0.1, 0.15) is 17.4 Å². The standard InChI is InChI=1S/C20H22N2OS/c1-15-14-24-19(22-15)20(10-5-11-20)21-12-13-23-18-9-4-7-16-6-2-3-8-17(16)18/h2-4,6-9,14,21H,5,10-13H2,1H3. The molecule has 4 rings (SSSR count). The van der Waals surface area contributed by atoms with E-state index in [1.165, 1.54) is 35.0 Å².